The Labute approximate surface area is 111 Å². The second-order valence-corrected chi connectivity index (χ2v) is 5.47. The van der Waals surface area contributed by atoms with E-state index in [-0.39, 0.29) is 0 Å². The van der Waals surface area contributed by atoms with E-state index in [2.05, 4.69) is 57.6 Å². The number of hydrogen-bond acceptors (Lipinski definition) is 1. The summed E-state index contributed by atoms with van der Waals surface area (Å²) in [5, 5.41) is 0. The van der Waals surface area contributed by atoms with Crippen LogP contribution in [-0.4, -0.2) is 9.38 Å². The molecule has 0 aliphatic carbocycles. The molecule has 0 N–H and O–H groups in total. The van der Waals surface area contributed by atoms with Crippen molar-refractivity contribution in [2.24, 2.45) is 0 Å². The van der Waals surface area contributed by atoms with Gasteiger partial charge in [-0.3, -0.25) is 0 Å². The summed E-state index contributed by atoms with van der Waals surface area (Å²) in [7, 11) is 0. The zero-order valence-electron chi connectivity index (χ0n) is 10.5. The van der Waals surface area contributed by atoms with Gasteiger partial charge in [-0.15, -0.1) is 0 Å². The van der Waals surface area contributed by atoms with Gasteiger partial charge in [-0.2, -0.15) is 0 Å². The number of imidazole rings is 1. The van der Waals surface area contributed by atoms with Crippen LogP contribution in [-0.2, 0) is 6.42 Å². The van der Waals surface area contributed by atoms with Crippen LogP contribution in [0, 0.1) is 6.92 Å². The third-order valence-electron chi connectivity index (χ3n) is 3.07. The Morgan fingerprint density at radius 1 is 1.24 bits per heavy atom. The normalized spacial score (nSPS) is 11.2. The minimum atomic E-state index is 1.05. The second kappa shape index (κ2) is 5.67. The van der Waals surface area contributed by atoms with Crippen molar-refractivity contribution < 1.29 is 0 Å². The van der Waals surface area contributed by atoms with Crippen LogP contribution in [0.25, 0.3) is 5.65 Å². The Morgan fingerprint density at radius 2 is 2.06 bits per heavy atom. The van der Waals surface area contributed by atoms with Crippen LogP contribution in [0.4, 0.5) is 0 Å². The van der Waals surface area contributed by atoms with Crippen LogP contribution in [0.5, 0.6) is 0 Å². The number of pyridine rings is 1. The largest absolute Gasteiger partial charge is 0.306 e. The molecule has 17 heavy (non-hydrogen) atoms. The third kappa shape index (κ3) is 3.09. The van der Waals surface area contributed by atoms with Gasteiger partial charge in [0.05, 0.1) is 5.69 Å². The molecule has 2 heterocycles. The summed E-state index contributed by atoms with van der Waals surface area (Å²) in [5.74, 6) is 0. The van der Waals surface area contributed by atoms with E-state index in [4.69, 9.17) is 0 Å². The molecule has 0 amide bonds. The van der Waals surface area contributed by atoms with Gasteiger partial charge in [0.1, 0.15) is 5.65 Å². The lowest BCUT2D eigenvalue weighted by Gasteiger charge is -1.98. The van der Waals surface area contributed by atoms with Gasteiger partial charge in [0, 0.05) is 16.9 Å². The van der Waals surface area contributed by atoms with E-state index in [0.29, 0.717) is 0 Å². The van der Waals surface area contributed by atoms with Crippen molar-refractivity contribution in [1.82, 2.24) is 9.38 Å². The molecule has 0 saturated carbocycles. The minimum absolute atomic E-state index is 1.05. The Morgan fingerprint density at radius 3 is 2.82 bits per heavy atom. The van der Waals surface area contributed by atoms with Gasteiger partial charge in [0.2, 0.25) is 0 Å². The van der Waals surface area contributed by atoms with Crippen LogP contribution in [0.3, 0.4) is 0 Å². The summed E-state index contributed by atoms with van der Waals surface area (Å²) in [4.78, 5) is 4.65. The Bertz CT molecular complexity index is 463. The molecule has 0 spiro atoms. The minimum Gasteiger partial charge on any atom is -0.306 e. The smallest absolute Gasteiger partial charge is 0.137 e. The van der Waals surface area contributed by atoms with E-state index in [1.807, 2.05) is 0 Å². The average molecular weight is 295 g/mol. The van der Waals surface area contributed by atoms with Crippen LogP contribution in [0.2, 0.25) is 0 Å². The van der Waals surface area contributed by atoms with Crippen LogP contribution < -0.4 is 0 Å². The van der Waals surface area contributed by atoms with Gasteiger partial charge in [-0.1, -0.05) is 26.2 Å². The van der Waals surface area contributed by atoms with Gasteiger partial charge < -0.3 is 4.40 Å². The molecule has 2 aromatic rings. The first-order valence-corrected chi connectivity index (χ1v) is 7.13. The number of fused-ring (bicyclic) bond motifs is 1. The maximum absolute atomic E-state index is 4.65. The quantitative estimate of drug-likeness (QED) is 0.741. The maximum Gasteiger partial charge on any atom is 0.137 e. The van der Waals surface area contributed by atoms with Gasteiger partial charge in [0.25, 0.3) is 0 Å². The number of nitrogens with zero attached hydrogens (tertiary/aromatic N) is 2. The maximum atomic E-state index is 4.65. The van der Waals surface area contributed by atoms with Crippen molar-refractivity contribution in [2.45, 2.75) is 46.0 Å². The number of halogens is 1. The van der Waals surface area contributed by atoms with E-state index in [1.54, 1.807) is 0 Å². The zero-order valence-corrected chi connectivity index (χ0v) is 12.1. The van der Waals surface area contributed by atoms with Crippen LogP contribution >= 0.6 is 15.9 Å². The lowest BCUT2D eigenvalue weighted by Crippen LogP contribution is -1.85. The van der Waals surface area contributed by atoms with Crippen molar-refractivity contribution >= 4 is 21.6 Å². The van der Waals surface area contributed by atoms with Gasteiger partial charge >= 0.3 is 0 Å². The number of rotatable bonds is 5. The zero-order chi connectivity index (χ0) is 12.3. The van der Waals surface area contributed by atoms with E-state index < -0.39 is 0 Å². The summed E-state index contributed by atoms with van der Waals surface area (Å²) < 4.78 is 3.24. The van der Waals surface area contributed by atoms with Gasteiger partial charge in [-0.05, 0) is 47.3 Å². The van der Waals surface area contributed by atoms with Crippen LogP contribution in [0.1, 0.15) is 43.9 Å². The molecular weight excluding hydrogens is 276 g/mol. The van der Waals surface area contributed by atoms with E-state index in [9.17, 15) is 0 Å². The Balaban J connectivity index is 2.09. The van der Waals surface area contributed by atoms with Gasteiger partial charge in [-0.25, -0.2) is 4.98 Å². The molecule has 0 saturated heterocycles. The average Bonchev–Trinajstić information content (AvgIpc) is 2.67. The standard InChI is InChI=1S/C14H19BrN2/c1-3-4-5-6-7-12-9-17-10-13(15)11(2)8-14(17)16-12/h8-10H,3-7H2,1-2H3. The summed E-state index contributed by atoms with van der Waals surface area (Å²) in [5.41, 5.74) is 3.50. The van der Waals surface area contributed by atoms with E-state index >= 15 is 0 Å². The summed E-state index contributed by atoms with van der Waals surface area (Å²) >= 11 is 3.55. The highest BCUT2D eigenvalue weighted by molar-refractivity contribution is 9.10. The first-order valence-electron chi connectivity index (χ1n) is 6.34. The molecule has 0 atom stereocenters. The lowest BCUT2D eigenvalue weighted by molar-refractivity contribution is 0.662. The molecule has 2 nitrogen and oxygen atoms in total. The molecule has 2 rings (SSSR count). The van der Waals surface area contributed by atoms with Crippen LogP contribution in [0.15, 0.2) is 22.9 Å². The van der Waals surface area contributed by atoms with Crippen molar-refractivity contribution in [3.05, 3.63) is 34.2 Å². The molecule has 92 valence electrons. The fourth-order valence-electron chi connectivity index (χ4n) is 2.01. The number of aromatic nitrogens is 2. The molecule has 0 bridgehead atoms. The van der Waals surface area contributed by atoms with E-state index in [1.165, 1.54) is 36.9 Å². The molecule has 0 aliphatic rings. The first-order chi connectivity index (χ1) is 8.20. The predicted molar refractivity (Wildman–Crippen MR) is 75.5 cm³/mol. The number of hydrogen-bond donors (Lipinski definition) is 0. The van der Waals surface area contributed by atoms with E-state index in [0.717, 1.165) is 16.5 Å². The fourth-order valence-corrected chi connectivity index (χ4v) is 2.35. The highest BCUT2D eigenvalue weighted by Gasteiger charge is 2.03. The molecule has 0 aromatic carbocycles. The molecule has 2 aromatic heterocycles. The lowest BCUT2D eigenvalue weighted by atomic mass is 10.1. The monoisotopic (exact) mass is 294 g/mol. The summed E-state index contributed by atoms with van der Waals surface area (Å²) in [6.45, 7) is 4.34. The fraction of sp³-hybridized carbons (Fsp3) is 0.500. The number of unbranched alkanes of at least 4 members (excludes halogenated alkanes) is 3. The van der Waals surface area contributed by atoms with Crippen molar-refractivity contribution in [3.8, 4) is 0 Å². The van der Waals surface area contributed by atoms with Gasteiger partial charge in [0.15, 0.2) is 0 Å². The molecule has 0 radical (unpaired) electrons. The van der Waals surface area contributed by atoms with Crippen molar-refractivity contribution in [3.63, 3.8) is 0 Å². The summed E-state index contributed by atoms with van der Waals surface area (Å²) in [6.07, 6.45) is 10.5. The first kappa shape index (κ1) is 12.6. The molecule has 0 fully saturated rings. The Kier molecular flexibility index (Phi) is 4.21. The Hall–Kier alpha value is -0.830. The van der Waals surface area contributed by atoms with Crippen molar-refractivity contribution in [2.75, 3.05) is 0 Å². The highest BCUT2D eigenvalue weighted by atomic mass is 79.9. The third-order valence-corrected chi connectivity index (χ3v) is 3.90. The molecule has 0 aliphatic heterocycles. The molecular formula is C14H19BrN2. The second-order valence-electron chi connectivity index (χ2n) is 4.61. The SMILES string of the molecule is CCCCCCc1cn2cc(Br)c(C)cc2n1. The summed E-state index contributed by atoms with van der Waals surface area (Å²) in [6, 6.07) is 2.12. The topological polar surface area (TPSA) is 17.3 Å². The number of aryl methyl sites for hydroxylation is 2. The van der Waals surface area contributed by atoms with Crippen molar-refractivity contribution in [1.29, 1.82) is 0 Å². The highest BCUT2D eigenvalue weighted by Crippen LogP contribution is 2.18. The predicted octanol–water partition coefficient (Wildman–Crippen LogP) is 4.53. The molecule has 0 unspecified atom stereocenters. The molecule has 3 heteroatoms.